The molecule has 4 N–H and O–H groups in total. The van der Waals surface area contributed by atoms with Crippen LogP contribution < -0.4 is 10.9 Å². The normalized spacial score (nSPS) is 11.0. The molecule has 29 heavy (non-hydrogen) atoms. The Morgan fingerprint density at radius 1 is 1.24 bits per heavy atom. The van der Waals surface area contributed by atoms with Gasteiger partial charge in [-0.25, -0.2) is 4.39 Å². The highest BCUT2D eigenvalue weighted by Crippen LogP contribution is 2.26. The molecule has 3 rings (SSSR count). The monoisotopic (exact) mass is 401 g/mol. The molecule has 2 heterocycles. The lowest BCUT2D eigenvalue weighted by Crippen LogP contribution is -2.34. The second-order valence-corrected chi connectivity index (χ2v) is 6.53. The van der Waals surface area contributed by atoms with Crippen LogP contribution in [0.25, 0.3) is 11.0 Å². The van der Waals surface area contributed by atoms with Crippen LogP contribution in [0.5, 0.6) is 5.75 Å². The standard InChI is InChI=1S/C20H20FN3O5/c1-24-15-7-11(6-12-2-3-14(21)8-13(12)10-26)9-23-17(15)18(27)16(20(24)29)19(28)22-4-5-25/h2-3,7-9,25-27H,4-6,10H2,1H3,(H,22,28). The van der Waals surface area contributed by atoms with Crippen LogP contribution in [0, 0.1) is 5.82 Å². The average molecular weight is 401 g/mol. The van der Waals surface area contributed by atoms with Gasteiger partial charge in [0.2, 0.25) is 0 Å². The number of aliphatic hydroxyl groups excluding tert-OH is 2. The van der Waals surface area contributed by atoms with Gasteiger partial charge >= 0.3 is 0 Å². The largest absolute Gasteiger partial charge is 0.505 e. The van der Waals surface area contributed by atoms with Crippen LogP contribution in [0.3, 0.4) is 0 Å². The molecule has 0 bridgehead atoms. The molecule has 0 spiro atoms. The minimum Gasteiger partial charge on any atom is -0.505 e. The molecule has 0 radical (unpaired) electrons. The summed E-state index contributed by atoms with van der Waals surface area (Å²) in [7, 11) is 1.45. The molecule has 8 nitrogen and oxygen atoms in total. The van der Waals surface area contributed by atoms with Gasteiger partial charge in [0.15, 0.2) is 5.75 Å². The number of hydrogen-bond donors (Lipinski definition) is 4. The first-order valence-electron chi connectivity index (χ1n) is 8.85. The number of rotatable bonds is 6. The van der Waals surface area contributed by atoms with Crippen molar-refractivity contribution in [2.24, 2.45) is 7.05 Å². The van der Waals surface area contributed by atoms with Gasteiger partial charge < -0.3 is 25.2 Å². The molecule has 0 saturated carbocycles. The fourth-order valence-electron chi connectivity index (χ4n) is 3.12. The number of halogens is 1. The van der Waals surface area contributed by atoms with Gasteiger partial charge in [-0.2, -0.15) is 0 Å². The molecule has 1 amide bonds. The number of hydrogen-bond acceptors (Lipinski definition) is 6. The van der Waals surface area contributed by atoms with Gasteiger partial charge in [-0.15, -0.1) is 0 Å². The van der Waals surface area contributed by atoms with Crippen molar-refractivity contribution >= 4 is 16.9 Å². The minimum atomic E-state index is -0.802. The number of nitrogens with one attached hydrogen (secondary N) is 1. The summed E-state index contributed by atoms with van der Waals surface area (Å²) in [5, 5.41) is 31.0. The quantitative estimate of drug-likeness (QED) is 0.479. The van der Waals surface area contributed by atoms with Gasteiger partial charge in [0.1, 0.15) is 16.9 Å². The van der Waals surface area contributed by atoms with Crippen LogP contribution in [0.15, 0.2) is 35.3 Å². The zero-order valence-corrected chi connectivity index (χ0v) is 15.6. The third-order valence-corrected chi connectivity index (χ3v) is 4.62. The summed E-state index contributed by atoms with van der Waals surface area (Å²) < 4.78 is 14.6. The second kappa shape index (κ2) is 8.38. The van der Waals surface area contributed by atoms with Crippen LogP contribution in [-0.2, 0) is 20.1 Å². The summed E-state index contributed by atoms with van der Waals surface area (Å²) in [5.41, 5.74) is 1.05. The van der Waals surface area contributed by atoms with E-state index in [0.717, 1.165) is 0 Å². The number of amides is 1. The fraction of sp³-hybridized carbons (Fsp3) is 0.250. The second-order valence-electron chi connectivity index (χ2n) is 6.53. The zero-order valence-electron chi connectivity index (χ0n) is 15.6. The maximum Gasteiger partial charge on any atom is 0.267 e. The van der Waals surface area contributed by atoms with E-state index in [1.807, 2.05) is 0 Å². The number of carbonyl (C=O) groups excluding carboxylic acids is 1. The Morgan fingerprint density at radius 3 is 2.69 bits per heavy atom. The molecule has 3 aromatic rings. The Kier molecular flexibility index (Phi) is 5.90. The number of nitrogens with zero attached hydrogens (tertiary/aromatic N) is 2. The summed E-state index contributed by atoms with van der Waals surface area (Å²) in [6, 6.07) is 5.75. The van der Waals surface area contributed by atoms with Crippen LogP contribution in [-0.4, -0.2) is 43.9 Å². The number of pyridine rings is 2. The molecule has 1 aromatic carbocycles. The zero-order chi connectivity index (χ0) is 21.1. The van der Waals surface area contributed by atoms with Crippen molar-refractivity contribution in [1.29, 1.82) is 0 Å². The summed E-state index contributed by atoms with van der Waals surface area (Å²) in [4.78, 5) is 29.0. The number of aryl methyl sites for hydroxylation is 1. The van der Waals surface area contributed by atoms with Crippen LogP contribution in [0.2, 0.25) is 0 Å². The van der Waals surface area contributed by atoms with Gasteiger partial charge in [0.25, 0.3) is 11.5 Å². The number of aromatic hydroxyl groups is 1. The predicted molar refractivity (Wildman–Crippen MR) is 103 cm³/mol. The molecular weight excluding hydrogens is 381 g/mol. The molecule has 9 heteroatoms. The van der Waals surface area contributed by atoms with E-state index in [1.54, 1.807) is 12.1 Å². The molecule has 0 atom stereocenters. The van der Waals surface area contributed by atoms with Gasteiger partial charge in [0, 0.05) is 19.8 Å². The Morgan fingerprint density at radius 2 is 2.00 bits per heavy atom. The number of fused-ring (bicyclic) bond motifs is 1. The highest BCUT2D eigenvalue weighted by molar-refractivity contribution is 6.01. The first-order valence-corrected chi connectivity index (χ1v) is 8.85. The van der Waals surface area contributed by atoms with Crippen LogP contribution in [0.1, 0.15) is 27.0 Å². The van der Waals surface area contributed by atoms with Gasteiger partial charge in [-0.05, 0) is 41.3 Å². The lowest BCUT2D eigenvalue weighted by Gasteiger charge is -2.13. The first kappa shape index (κ1) is 20.4. The van der Waals surface area contributed by atoms with E-state index >= 15 is 0 Å². The highest BCUT2D eigenvalue weighted by atomic mass is 19.1. The highest BCUT2D eigenvalue weighted by Gasteiger charge is 2.22. The summed E-state index contributed by atoms with van der Waals surface area (Å²) in [5.74, 6) is -1.79. The third-order valence-electron chi connectivity index (χ3n) is 4.62. The molecule has 152 valence electrons. The van der Waals surface area contributed by atoms with Crippen LogP contribution >= 0.6 is 0 Å². The van der Waals surface area contributed by atoms with Gasteiger partial charge in [0.05, 0.1) is 18.7 Å². The van der Waals surface area contributed by atoms with Crippen molar-refractivity contribution in [3.8, 4) is 5.75 Å². The van der Waals surface area contributed by atoms with E-state index < -0.39 is 28.6 Å². The minimum absolute atomic E-state index is 0.0588. The van der Waals surface area contributed by atoms with E-state index in [0.29, 0.717) is 28.6 Å². The molecule has 2 aromatic heterocycles. The lowest BCUT2D eigenvalue weighted by atomic mass is 10.0. The van der Waals surface area contributed by atoms with Crippen LogP contribution in [0.4, 0.5) is 4.39 Å². The predicted octanol–water partition coefficient (Wildman–Crippen LogP) is 0.583. The molecule has 0 unspecified atom stereocenters. The third kappa shape index (κ3) is 3.96. The number of aliphatic hydroxyl groups is 2. The van der Waals surface area contributed by atoms with Crippen molar-refractivity contribution < 1.29 is 24.5 Å². The van der Waals surface area contributed by atoms with Crippen molar-refractivity contribution in [1.82, 2.24) is 14.9 Å². The van der Waals surface area contributed by atoms with E-state index in [1.165, 1.54) is 29.9 Å². The maximum absolute atomic E-state index is 13.4. The molecular formula is C20H20FN3O5. The summed E-state index contributed by atoms with van der Waals surface area (Å²) >= 11 is 0. The smallest absolute Gasteiger partial charge is 0.267 e. The molecule has 0 aliphatic rings. The van der Waals surface area contributed by atoms with Crippen molar-refractivity contribution in [2.45, 2.75) is 13.0 Å². The summed E-state index contributed by atoms with van der Waals surface area (Å²) in [6.45, 7) is -0.683. The average Bonchev–Trinajstić information content (AvgIpc) is 2.71. The van der Waals surface area contributed by atoms with E-state index in [9.17, 15) is 24.2 Å². The Balaban J connectivity index is 2.06. The van der Waals surface area contributed by atoms with E-state index in [2.05, 4.69) is 10.3 Å². The molecule has 0 aliphatic heterocycles. The van der Waals surface area contributed by atoms with E-state index in [4.69, 9.17) is 5.11 Å². The number of aromatic nitrogens is 2. The van der Waals surface area contributed by atoms with Gasteiger partial charge in [-0.3, -0.25) is 14.6 Å². The van der Waals surface area contributed by atoms with Gasteiger partial charge in [-0.1, -0.05) is 6.07 Å². The molecule has 0 saturated heterocycles. The SMILES string of the molecule is Cn1c(=O)c(C(=O)NCCO)c(O)c2ncc(Cc3ccc(F)cc3CO)cc21. The topological polar surface area (TPSA) is 125 Å². The lowest BCUT2D eigenvalue weighted by molar-refractivity contribution is 0.0940. The van der Waals surface area contributed by atoms with Crippen molar-refractivity contribution in [2.75, 3.05) is 13.2 Å². The number of carbonyl (C=O) groups is 1. The molecule has 0 aliphatic carbocycles. The molecule has 0 fully saturated rings. The Bertz CT molecular complexity index is 1140. The van der Waals surface area contributed by atoms with E-state index in [-0.39, 0.29) is 25.3 Å². The number of benzene rings is 1. The Labute approximate surface area is 164 Å². The Hall–Kier alpha value is -3.30. The fourth-order valence-corrected chi connectivity index (χ4v) is 3.12. The maximum atomic E-state index is 13.4. The summed E-state index contributed by atoms with van der Waals surface area (Å²) in [6.07, 6.45) is 1.80. The van der Waals surface area contributed by atoms with Crippen molar-refractivity contribution in [3.63, 3.8) is 0 Å². The van der Waals surface area contributed by atoms with Crippen molar-refractivity contribution in [3.05, 3.63) is 68.9 Å². The first-order chi connectivity index (χ1) is 13.9.